The van der Waals surface area contributed by atoms with Crippen molar-refractivity contribution >= 4 is 27.8 Å². The van der Waals surface area contributed by atoms with Gasteiger partial charge in [-0.2, -0.15) is 0 Å². The Balaban J connectivity index is 4.55. The third-order valence-electron chi connectivity index (χ3n) is 2.31. The molecule has 0 aromatic rings. The average Bonchev–Trinajstić information content (AvgIpc) is 2.32. The number of carboxylic acid groups (broad SMARTS) is 1. The van der Waals surface area contributed by atoms with E-state index in [4.69, 9.17) is 5.11 Å². The highest BCUT2D eigenvalue weighted by Crippen LogP contribution is 1.99. The maximum Gasteiger partial charge on any atom is 0.326 e. The Hall–Kier alpha value is -1.84. The SMILES string of the molecule is COC(=O)CN(C)C(=O)NC(CCS(C)(=O)=O)C(=O)O. The lowest BCUT2D eigenvalue weighted by Gasteiger charge is -2.20. The lowest BCUT2D eigenvalue weighted by molar-refractivity contribution is -0.141. The molecular formula is C10H18N2O7S. The van der Waals surface area contributed by atoms with Crippen LogP contribution in [0.2, 0.25) is 0 Å². The molecule has 2 amide bonds. The third-order valence-corrected chi connectivity index (χ3v) is 3.29. The first-order chi connectivity index (χ1) is 9.06. The first kappa shape index (κ1) is 18.2. The van der Waals surface area contributed by atoms with Crippen LogP contribution in [0.5, 0.6) is 0 Å². The van der Waals surface area contributed by atoms with Gasteiger partial charge >= 0.3 is 18.0 Å². The predicted octanol–water partition coefficient (Wildman–Crippen LogP) is -1.31. The van der Waals surface area contributed by atoms with Gasteiger partial charge in [0.15, 0.2) is 0 Å². The molecule has 0 aliphatic carbocycles. The second-order valence-corrected chi connectivity index (χ2v) is 6.45. The van der Waals surface area contributed by atoms with E-state index in [1.54, 1.807) is 0 Å². The Kier molecular flexibility index (Phi) is 6.97. The molecule has 0 fully saturated rings. The smallest absolute Gasteiger partial charge is 0.326 e. The van der Waals surface area contributed by atoms with Gasteiger partial charge in [-0.15, -0.1) is 0 Å². The Morgan fingerprint density at radius 1 is 1.35 bits per heavy atom. The lowest BCUT2D eigenvalue weighted by atomic mass is 10.2. The van der Waals surface area contributed by atoms with Gasteiger partial charge in [-0.25, -0.2) is 18.0 Å². The van der Waals surface area contributed by atoms with E-state index in [1.807, 2.05) is 0 Å². The summed E-state index contributed by atoms with van der Waals surface area (Å²) in [6.07, 6.45) is 0.711. The van der Waals surface area contributed by atoms with Crippen LogP contribution in [0.15, 0.2) is 0 Å². The van der Waals surface area contributed by atoms with Crippen LogP contribution in [0.3, 0.4) is 0 Å². The van der Waals surface area contributed by atoms with Crippen LogP contribution in [0.4, 0.5) is 4.79 Å². The number of rotatable bonds is 7. The number of methoxy groups -OCH3 is 1. The van der Waals surface area contributed by atoms with Crippen LogP contribution in [0.25, 0.3) is 0 Å². The van der Waals surface area contributed by atoms with Crippen molar-refractivity contribution in [2.75, 3.05) is 32.7 Å². The average molecular weight is 310 g/mol. The van der Waals surface area contributed by atoms with Gasteiger partial charge < -0.3 is 20.1 Å². The molecule has 9 nitrogen and oxygen atoms in total. The van der Waals surface area contributed by atoms with Crippen LogP contribution >= 0.6 is 0 Å². The number of sulfone groups is 1. The minimum Gasteiger partial charge on any atom is -0.480 e. The van der Waals surface area contributed by atoms with Crippen molar-refractivity contribution in [1.29, 1.82) is 0 Å². The first-order valence-electron chi connectivity index (χ1n) is 5.55. The molecule has 1 atom stereocenters. The molecule has 2 N–H and O–H groups in total. The minimum atomic E-state index is -3.33. The maximum absolute atomic E-state index is 11.6. The number of aliphatic carboxylic acids is 1. The molecule has 0 bridgehead atoms. The molecular weight excluding hydrogens is 292 g/mol. The van der Waals surface area contributed by atoms with E-state index in [1.165, 1.54) is 7.05 Å². The highest BCUT2D eigenvalue weighted by atomic mass is 32.2. The van der Waals surface area contributed by atoms with E-state index in [0.29, 0.717) is 0 Å². The van der Waals surface area contributed by atoms with Crippen molar-refractivity contribution in [3.8, 4) is 0 Å². The number of likely N-dealkylation sites (N-methyl/N-ethyl adjacent to an activating group) is 1. The van der Waals surface area contributed by atoms with Gasteiger partial charge in [-0.1, -0.05) is 0 Å². The van der Waals surface area contributed by atoms with Crippen LogP contribution in [-0.4, -0.2) is 75.1 Å². The van der Waals surface area contributed by atoms with Crippen LogP contribution in [0, 0.1) is 0 Å². The summed E-state index contributed by atoms with van der Waals surface area (Å²) in [7, 11) is -0.902. The maximum atomic E-state index is 11.6. The number of nitrogens with one attached hydrogen (secondary N) is 1. The summed E-state index contributed by atoms with van der Waals surface area (Å²) in [6, 6.07) is -2.16. The standard InChI is InChI=1S/C10H18N2O7S/c1-12(6-8(13)19-2)10(16)11-7(9(14)15)4-5-20(3,17)18/h7H,4-6H2,1-3H3,(H,11,16)(H,14,15). The second-order valence-electron chi connectivity index (χ2n) is 4.19. The van der Waals surface area contributed by atoms with Crippen molar-refractivity contribution in [2.24, 2.45) is 0 Å². The van der Waals surface area contributed by atoms with Crippen molar-refractivity contribution in [3.05, 3.63) is 0 Å². The topological polar surface area (TPSA) is 130 Å². The Morgan fingerprint density at radius 3 is 2.30 bits per heavy atom. The predicted molar refractivity (Wildman–Crippen MR) is 68.9 cm³/mol. The monoisotopic (exact) mass is 310 g/mol. The van der Waals surface area contributed by atoms with E-state index < -0.39 is 33.8 Å². The summed E-state index contributed by atoms with van der Waals surface area (Å²) in [5, 5.41) is 11.0. The highest BCUT2D eigenvalue weighted by Gasteiger charge is 2.23. The van der Waals surface area contributed by atoms with Gasteiger partial charge in [0.2, 0.25) is 0 Å². The number of ether oxygens (including phenoxy) is 1. The van der Waals surface area contributed by atoms with E-state index in [2.05, 4.69) is 10.1 Å². The normalized spacial score (nSPS) is 12.3. The summed E-state index contributed by atoms with van der Waals surface area (Å²) >= 11 is 0. The number of urea groups is 1. The lowest BCUT2D eigenvalue weighted by Crippen LogP contribution is -2.48. The number of esters is 1. The molecule has 0 saturated heterocycles. The number of carboxylic acids is 1. The number of hydrogen-bond acceptors (Lipinski definition) is 6. The van der Waals surface area contributed by atoms with Crippen molar-refractivity contribution in [1.82, 2.24) is 10.2 Å². The molecule has 116 valence electrons. The molecule has 1 unspecified atom stereocenters. The van der Waals surface area contributed by atoms with Crippen molar-refractivity contribution < 1.29 is 32.6 Å². The zero-order chi connectivity index (χ0) is 15.9. The third kappa shape index (κ3) is 7.56. The first-order valence-corrected chi connectivity index (χ1v) is 7.62. The van der Waals surface area contributed by atoms with E-state index in [9.17, 15) is 22.8 Å². The fourth-order valence-electron chi connectivity index (χ4n) is 1.18. The molecule has 20 heavy (non-hydrogen) atoms. The zero-order valence-electron chi connectivity index (χ0n) is 11.5. The number of carbonyl (C=O) groups excluding carboxylic acids is 2. The molecule has 0 aliphatic rings. The molecule has 0 spiro atoms. The number of nitrogens with zero attached hydrogens (tertiary/aromatic N) is 1. The Morgan fingerprint density at radius 2 is 1.90 bits per heavy atom. The van der Waals surface area contributed by atoms with Gasteiger partial charge in [-0.3, -0.25) is 4.79 Å². The number of carbonyl (C=O) groups is 3. The van der Waals surface area contributed by atoms with Crippen LogP contribution in [0.1, 0.15) is 6.42 Å². The molecule has 0 radical (unpaired) electrons. The summed E-state index contributed by atoms with van der Waals surface area (Å²) < 4.78 is 26.3. The molecule has 10 heteroatoms. The minimum absolute atomic E-state index is 0.258. The highest BCUT2D eigenvalue weighted by molar-refractivity contribution is 7.90. The fraction of sp³-hybridized carbons (Fsp3) is 0.700. The summed E-state index contributed by atoms with van der Waals surface area (Å²) in [6.45, 7) is -0.346. The molecule has 0 aliphatic heterocycles. The van der Waals surface area contributed by atoms with Gasteiger partial charge in [-0.05, 0) is 6.42 Å². The van der Waals surface area contributed by atoms with Gasteiger partial charge in [0, 0.05) is 13.3 Å². The van der Waals surface area contributed by atoms with Crippen molar-refractivity contribution in [3.63, 3.8) is 0 Å². The molecule has 0 saturated carbocycles. The van der Waals surface area contributed by atoms with Crippen molar-refractivity contribution in [2.45, 2.75) is 12.5 Å². The number of amides is 2. The van der Waals surface area contributed by atoms with E-state index in [0.717, 1.165) is 18.3 Å². The quantitative estimate of drug-likeness (QED) is 0.558. The summed E-state index contributed by atoms with van der Waals surface area (Å²) in [4.78, 5) is 34.5. The van der Waals surface area contributed by atoms with Gasteiger partial charge in [0.1, 0.15) is 22.4 Å². The largest absolute Gasteiger partial charge is 0.480 e. The molecule has 0 rings (SSSR count). The molecule has 0 heterocycles. The van der Waals surface area contributed by atoms with Crippen LogP contribution < -0.4 is 5.32 Å². The van der Waals surface area contributed by atoms with Gasteiger partial charge in [0.05, 0.1) is 12.9 Å². The van der Waals surface area contributed by atoms with Gasteiger partial charge in [0.25, 0.3) is 0 Å². The number of hydrogen-bond donors (Lipinski definition) is 2. The molecule has 0 aromatic heterocycles. The van der Waals surface area contributed by atoms with E-state index >= 15 is 0 Å². The zero-order valence-corrected chi connectivity index (χ0v) is 12.3. The summed E-state index contributed by atoms with van der Waals surface area (Å²) in [5.74, 6) is -2.38. The van der Waals surface area contributed by atoms with Crippen LogP contribution in [-0.2, 0) is 24.2 Å². The Labute approximate surface area is 116 Å². The molecule has 0 aromatic carbocycles. The Bertz CT molecular complexity index is 474. The summed E-state index contributed by atoms with van der Waals surface area (Å²) in [5.41, 5.74) is 0. The second kappa shape index (κ2) is 7.68. The van der Waals surface area contributed by atoms with E-state index in [-0.39, 0.29) is 18.7 Å². The fourth-order valence-corrected chi connectivity index (χ4v) is 1.84.